The maximum Gasteiger partial charge on any atom is 0.345 e. The van der Waals surface area contributed by atoms with Crippen LogP contribution in [-0.4, -0.2) is 16.1 Å². The van der Waals surface area contributed by atoms with E-state index < -0.39 is 5.97 Å². The second-order valence-electron chi connectivity index (χ2n) is 2.86. The minimum Gasteiger partial charge on any atom is -0.477 e. The molecule has 0 spiro atoms. The van der Waals surface area contributed by atoms with E-state index in [9.17, 15) is 4.79 Å². The maximum absolute atomic E-state index is 10.6. The molecule has 2 rings (SSSR count). The molecule has 0 aliphatic carbocycles. The number of carboxylic acids is 1. The van der Waals surface area contributed by atoms with Gasteiger partial charge in [-0.05, 0) is 12.1 Å². The van der Waals surface area contributed by atoms with E-state index in [-0.39, 0.29) is 4.88 Å². The molecule has 0 unspecified atom stereocenters. The van der Waals surface area contributed by atoms with Gasteiger partial charge in [0, 0.05) is 12.3 Å². The number of ether oxygens (including phenoxy) is 1. The number of aromatic carboxylic acids is 1. The van der Waals surface area contributed by atoms with Gasteiger partial charge in [0.1, 0.15) is 10.6 Å². The van der Waals surface area contributed by atoms with Crippen LogP contribution < -0.4 is 4.74 Å². The maximum atomic E-state index is 10.6. The van der Waals surface area contributed by atoms with Crippen molar-refractivity contribution >= 4 is 28.9 Å². The zero-order valence-corrected chi connectivity index (χ0v) is 9.46. The third kappa shape index (κ3) is 2.50. The second-order valence-corrected chi connectivity index (χ2v) is 4.35. The summed E-state index contributed by atoms with van der Waals surface area (Å²) in [5.74, 6) is -0.490. The van der Waals surface area contributed by atoms with Gasteiger partial charge in [-0.2, -0.15) is 0 Å². The number of thiophene rings is 1. The van der Waals surface area contributed by atoms with Crippen LogP contribution in [-0.2, 0) is 0 Å². The third-order valence-electron chi connectivity index (χ3n) is 1.69. The van der Waals surface area contributed by atoms with Crippen LogP contribution in [0.1, 0.15) is 9.67 Å². The molecule has 0 aliphatic rings. The summed E-state index contributed by atoms with van der Waals surface area (Å²) in [6.07, 6.45) is 3.00. The lowest BCUT2D eigenvalue weighted by Gasteiger charge is -2.01. The lowest BCUT2D eigenvalue weighted by atomic mass is 10.4. The molecule has 0 atom stereocenters. The lowest BCUT2D eigenvalue weighted by Crippen LogP contribution is -1.89. The molecule has 4 nitrogen and oxygen atoms in total. The van der Waals surface area contributed by atoms with Crippen LogP contribution in [0.4, 0.5) is 0 Å². The number of hydrogen-bond donors (Lipinski definition) is 1. The number of hydrogen-bond acceptors (Lipinski definition) is 4. The molecule has 2 aromatic heterocycles. The Morgan fingerprint density at radius 3 is 2.88 bits per heavy atom. The van der Waals surface area contributed by atoms with Gasteiger partial charge in [-0.25, -0.2) is 4.79 Å². The van der Waals surface area contributed by atoms with Gasteiger partial charge in [-0.3, -0.25) is 4.98 Å². The van der Waals surface area contributed by atoms with Crippen LogP contribution in [0.3, 0.4) is 0 Å². The van der Waals surface area contributed by atoms with Gasteiger partial charge in [-0.15, -0.1) is 0 Å². The average Bonchev–Trinajstić information content (AvgIpc) is 2.66. The molecule has 16 heavy (non-hydrogen) atoms. The minimum absolute atomic E-state index is 0.227. The van der Waals surface area contributed by atoms with E-state index in [1.165, 1.54) is 18.5 Å². The number of rotatable bonds is 3. The molecular formula is C10H6ClNO3S. The summed E-state index contributed by atoms with van der Waals surface area (Å²) in [4.78, 5) is 14.7. The predicted molar refractivity (Wildman–Crippen MR) is 60.6 cm³/mol. The Morgan fingerprint density at radius 1 is 1.44 bits per heavy atom. The van der Waals surface area contributed by atoms with Crippen molar-refractivity contribution < 1.29 is 14.6 Å². The summed E-state index contributed by atoms with van der Waals surface area (Å²) < 4.78 is 5.40. The zero-order valence-electron chi connectivity index (χ0n) is 7.88. The average molecular weight is 256 g/mol. The van der Waals surface area contributed by atoms with E-state index in [1.54, 1.807) is 12.1 Å². The van der Waals surface area contributed by atoms with Crippen LogP contribution in [0.2, 0.25) is 5.02 Å². The SMILES string of the molecule is O=C(O)c1ccc(Oc2cncc(Cl)c2)s1. The van der Waals surface area contributed by atoms with Gasteiger partial charge < -0.3 is 9.84 Å². The van der Waals surface area contributed by atoms with E-state index >= 15 is 0 Å². The van der Waals surface area contributed by atoms with Gasteiger partial charge in [0.05, 0.1) is 11.2 Å². The van der Waals surface area contributed by atoms with Crippen LogP contribution >= 0.6 is 22.9 Å². The molecule has 0 fully saturated rings. The van der Waals surface area contributed by atoms with Crippen LogP contribution in [0, 0.1) is 0 Å². The Labute approximate surface area is 100 Å². The van der Waals surface area contributed by atoms with E-state index in [1.807, 2.05) is 0 Å². The Balaban J connectivity index is 2.17. The number of aromatic nitrogens is 1. The molecular weight excluding hydrogens is 250 g/mol. The summed E-state index contributed by atoms with van der Waals surface area (Å²) in [5.41, 5.74) is 0. The molecule has 82 valence electrons. The normalized spacial score (nSPS) is 10.1. The first-order valence-corrected chi connectivity index (χ1v) is 5.46. The summed E-state index contributed by atoms with van der Waals surface area (Å²) in [5, 5.41) is 9.68. The Hall–Kier alpha value is -1.59. The van der Waals surface area contributed by atoms with Gasteiger partial charge in [0.2, 0.25) is 0 Å². The van der Waals surface area contributed by atoms with Crippen molar-refractivity contribution in [2.75, 3.05) is 0 Å². The molecule has 0 bridgehead atoms. The zero-order chi connectivity index (χ0) is 11.5. The first kappa shape index (κ1) is 10.9. The highest BCUT2D eigenvalue weighted by atomic mass is 35.5. The first-order valence-electron chi connectivity index (χ1n) is 4.26. The highest BCUT2D eigenvalue weighted by Crippen LogP contribution is 2.29. The fourth-order valence-corrected chi connectivity index (χ4v) is 1.93. The molecule has 2 heterocycles. The Kier molecular flexibility index (Phi) is 3.07. The molecule has 0 radical (unpaired) electrons. The van der Waals surface area contributed by atoms with Crippen molar-refractivity contribution in [3.63, 3.8) is 0 Å². The number of carbonyl (C=O) groups is 1. The molecule has 1 N–H and O–H groups in total. The summed E-state index contributed by atoms with van der Waals surface area (Å²) in [7, 11) is 0. The third-order valence-corrected chi connectivity index (χ3v) is 2.85. The number of halogens is 1. The minimum atomic E-state index is -0.968. The van der Waals surface area contributed by atoms with Crippen molar-refractivity contribution in [1.29, 1.82) is 0 Å². The standard InChI is InChI=1S/C10H6ClNO3S/c11-6-3-7(5-12-4-6)15-9-2-1-8(16-9)10(13)14/h1-5H,(H,13,14). The second kappa shape index (κ2) is 4.51. The summed E-state index contributed by atoms with van der Waals surface area (Å²) in [6, 6.07) is 4.68. The van der Waals surface area contributed by atoms with E-state index in [4.69, 9.17) is 21.4 Å². The van der Waals surface area contributed by atoms with Crippen LogP contribution in [0.25, 0.3) is 0 Å². The van der Waals surface area contributed by atoms with Crippen molar-refractivity contribution in [2.45, 2.75) is 0 Å². The molecule has 0 amide bonds. The molecule has 2 aromatic rings. The van der Waals surface area contributed by atoms with Crippen molar-refractivity contribution in [1.82, 2.24) is 4.98 Å². The van der Waals surface area contributed by atoms with Gasteiger partial charge in [-0.1, -0.05) is 22.9 Å². The molecule has 0 aliphatic heterocycles. The lowest BCUT2D eigenvalue weighted by molar-refractivity contribution is 0.0702. The van der Waals surface area contributed by atoms with Gasteiger partial charge >= 0.3 is 5.97 Å². The quantitative estimate of drug-likeness (QED) is 0.914. The van der Waals surface area contributed by atoms with Crippen molar-refractivity contribution in [3.8, 4) is 10.8 Å². The van der Waals surface area contributed by atoms with Gasteiger partial charge in [0.25, 0.3) is 0 Å². The number of nitrogens with zero attached hydrogens (tertiary/aromatic N) is 1. The van der Waals surface area contributed by atoms with Crippen molar-refractivity contribution in [2.24, 2.45) is 0 Å². The molecule has 6 heteroatoms. The highest BCUT2D eigenvalue weighted by Gasteiger charge is 2.08. The topological polar surface area (TPSA) is 59.4 Å². The smallest absolute Gasteiger partial charge is 0.345 e. The number of carboxylic acid groups (broad SMARTS) is 1. The van der Waals surface area contributed by atoms with E-state index in [0.29, 0.717) is 15.8 Å². The van der Waals surface area contributed by atoms with E-state index in [2.05, 4.69) is 4.98 Å². The van der Waals surface area contributed by atoms with Crippen molar-refractivity contribution in [3.05, 3.63) is 40.5 Å². The fourth-order valence-electron chi connectivity index (χ4n) is 1.05. The largest absolute Gasteiger partial charge is 0.477 e. The van der Waals surface area contributed by atoms with Crippen LogP contribution in [0.15, 0.2) is 30.6 Å². The van der Waals surface area contributed by atoms with E-state index in [0.717, 1.165) is 11.3 Å². The first-order chi connectivity index (χ1) is 7.65. The summed E-state index contributed by atoms with van der Waals surface area (Å²) >= 11 is 6.78. The fraction of sp³-hybridized carbons (Fsp3) is 0. The number of pyridine rings is 1. The molecule has 0 saturated heterocycles. The Morgan fingerprint density at radius 2 is 2.25 bits per heavy atom. The predicted octanol–water partition coefficient (Wildman–Crippen LogP) is 3.29. The monoisotopic (exact) mass is 255 g/mol. The van der Waals surface area contributed by atoms with Gasteiger partial charge in [0.15, 0.2) is 5.06 Å². The summed E-state index contributed by atoms with van der Waals surface area (Å²) in [6.45, 7) is 0. The van der Waals surface area contributed by atoms with Crippen LogP contribution in [0.5, 0.6) is 10.8 Å². The highest BCUT2D eigenvalue weighted by molar-refractivity contribution is 7.15. The molecule has 0 aromatic carbocycles. The molecule has 0 saturated carbocycles. The Bertz CT molecular complexity index is 526.